The number of amides is 2. The monoisotopic (exact) mass is 487 g/mol. The Morgan fingerprint density at radius 2 is 1.83 bits per heavy atom. The number of benzene rings is 2. The molecule has 9 nitrogen and oxygen atoms in total. The van der Waals surface area contributed by atoms with Gasteiger partial charge in [0.2, 0.25) is 5.78 Å². The largest absolute Gasteiger partial charge is 0.341 e. The van der Waals surface area contributed by atoms with Crippen molar-refractivity contribution in [2.45, 2.75) is 12.5 Å². The molecule has 0 bridgehead atoms. The normalized spacial score (nSPS) is 11.5. The number of aromatic nitrogens is 3. The number of carbonyl (C=O) groups is 3. The second kappa shape index (κ2) is 11.2. The van der Waals surface area contributed by atoms with Gasteiger partial charge >= 0.3 is 5.91 Å². The number of hydroxylamine groups is 1. The number of pyridine rings is 1. The smallest absolute Gasteiger partial charge is 0.313 e. The number of hydrogen-bond donors (Lipinski definition) is 2. The number of hydrogen-bond acceptors (Lipinski definition) is 6. The van der Waals surface area contributed by atoms with E-state index in [2.05, 4.69) is 20.2 Å². The van der Waals surface area contributed by atoms with Crippen LogP contribution in [0, 0.1) is 5.82 Å². The van der Waals surface area contributed by atoms with E-state index in [0.29, 0.717) is 11.3 Å². The van der Waals surface area contributed by atoms with Crippen LogP contribution < -0.4 is 10.8 Å². The average Bonchev–Trinajstić information content (AvgIpc) is 3.39. The summed E-state index contributed by atoms with van der Waals surface area (Å²) in [7, 11) is 1.18. The van der Waals surface area contributed by atoms with Crippen LogP contribution in [-0.4, -0.2) is 45.5 Å². The van der Waals surface area contributed by atoms with Gasteiger partial charge in [0.1, 0.15) is 11.9 Å². The van der Waals surface area contributed by atoms with E-state index in [4.69, 9.17) is 0 Å². The summed E-state index contributed by atoms with van der Waals surface area (Å²) < 4.78 is 15.2. The SMILES string of the molecule is CONC(=O)C(=O)[C@@H](Cc1cccc(F)c1)NC(=O)c1cccnc1-n1ccc(-c2ccccc2)n1. The zero-order valence-electron chi connectivity index (χ0n) is 19.2. The molecule has 0 radical (unpaired) electrons. The van der Waals surface area contributed by atoms with Crippen molar-refractivity contribution in [2.24, 2.45) is 0 Å². The molecule has 182 valence electrons. The number of carbonyl (C=O) groups excluding carboxylic acids is 3. The van der Waals surface area contributed by atoms with Crippen molar-refractivity contribution in [3.63, 3.8) is 0 Å². The summed E-state index contributed by atoms with van der Waals surface area (Å²) in [6, 6.07) is 18.6. The molecule has 10 heteroatoms. The number of rotatable bonds is 9. The minimum Gasteiger partial charge on any atom is -0.341 e. The highest BCUT2D eigenvalue weighted by Gasteiger charge is 2.29. The van der Waals surface area contributed by atoms with Crippen LogP contribution in [0.15, 0.2) is 85.2 Å². The minimum atomic E-state index is -1.29. The quantitative estimate of drug-likeness (QED) is 0.277. The number of Topliss-reactive ketones (excluding diaryl/α,β-unsaturated/α-hetero) is 1. The molecule has 2 aromatic heterocycles. The molecule has 4 aromatic rings. The lowest BCUT2D eigenvalue weighted by molar-refractivity contribution is -0.145. The van der Waals surface area contributed by atoms with E-state index in [0.717, 1.165) is 5.56 Å². The van der Waals surface area contributed by atoms with Crippen LogP contribution in [0.1, 0.15) is 15.9 Å². The van der Waals surface area contributed by atoms with Gasteiger partial charge in [-0.25, -0.2) is 19.5 Å². The van der Waals surface area contributed by atoms with Gasteiger partial charge in [-0.2, -0.15) is 5.10 Å². The summed E-state index contributed by atoms with van der Waals surface area (Å²) in [5.41, 5.74) is 4.08. The van der Waals surface area contributed by atoms with E-state index in [1.165, 1.54) is 42.3 Å². The summed E-state index contributed by atoms with van der Waals surface area (Å²) in [6.07, 6.45) is 3.06. The minimum absolute atomic E-state index is 0.116. The maximum absolute atomic E-state index is 13.7. The van der Waals surface area contributed by atoms with Crippen LogP contribution in [0.5, 0.6) is 0 Å². The molecule has 2 aromatic carbocycles. The summed E-state index contributed by atoms with van der Waals surface area (Å²) in [4.78, 5) is 47.0. The Morgan fingerprint density at radius 3 is 2.58 bits per heavy atom. The van der Waals surface area contributed by atoms with E-state index in [1.54, 1.807) is 24.4 Å². The first-order valence-electron chi connectivity index (χ1n) is 10.9. The summed E-state index contributed by atoms with van der Waals surface area (Å²) in [6.45, 7) is 0. The van der Waals surface area contributed by atoms with Crippen LogP contribution in [0.2, 0.25) is 0 Å². The van der Waals surface area contributed by atoms with Gasteiger partial charge in [-0.15, -0.1) is 0 Å². The number of nitrogens with zero attached hydrogens (tertiary/aromatic N) is 3. The zero-order valence-corrected chi connectivity index (χ0v) is 19.2. The van der Waals surface area contributed by atoms with Crippen molar-refractivity contribution in [3.8, 4) is 17.1 Å². The van der Waals surface area contributed by atoms with Gasteiger partial charge in [0.05, 0.1) is 18.4 Å². The van der Waals surface area contributed by atoms with E-state index in [9.17, 15) is 18.8 Å². The lowest BCUT2D eigenvalue weighted by atomic mass is 10.0. The molecule has 2 N–H and O–H groups in total. The van der Waals surface area contributed by atoms with E-state index < -0.39 is 29.5 Å². The lowest BCUT2D eigenvalue weighted by Gasteiger charge is -2.18. The van der Waals surface area contributed by atoms with Crippen LogP contribution in [0.3, 0.4) is 0 Å². The number of nitrogens with one attached hydrogen (secondary N) is 2. The molecule has 0 unspecified atom stereocenters. The number of halogens is 1. The van der Waals surface area contributed by atoms with Crippen molar-refractivity contribution in [3.05, 3.63) is 102 Å². The Bertz CT molecular complexity index is 1390. The molecule has 4 rings (SSSR count). The van der Waals surface area contributed by atoms with E-state index in [1.807, 2.05) is 35.8 Å². The summed E-state index contributed by atoms with van der Waals surface area (Å²) >= 11 is 0. The molecule has 0 saturated heterocycles. The summed E-state index contributed by atoms with van der Waals surface area (Å²) in [5.74, 6) is -2.94. The summed E-state index contributed by atoms with van der Waals surface area (Å²) in [5, 5.41) is 7.10. The van der Waals surface area contributed by atoms with Crippen molar-refractivity contribution in [2.75, 3.05) is 7.11 Å². The molecule has 0 fully saturated rings. The molecule has 2 heterocycles. The predicted octanol–water partition coefficient (Wildman–Crippen LogP) is 2.66. The standard InChI is InChI=1S/C26H22FN5O4/c1-36-31-26(35)23(33)22(16-17-7-5-10-19(27)15-17)29-25(34)20-11-6-13-28-24(20)32-14-12-21(30-32)18-8-3-2-4-9-18/h2-15,22H,16H2,1H3,(H,29,34)(H,31,35)/t22-/m1/s1. The Morgan fingerprint density at radius 1 is 1.03 bits per heavy atom. The van der Waals surface area contributed by atoms with Crippen molar-refractivity contribution < 1.29 is 23.6 Å². The van der Waals surface area contributed by atoms with Crippen LogP contribution >= 0.6 is 0 Å². The molecule has 36 heavy (non-hydrogen) atoms. The average molecular weight is 487 g/mol. The van der Waals surface area contributed by atoms with Gasteiger partial charge in [0, 0.05) is 24.4 Å². The molecular weight excluding hydrogens is 465 g/mol. The third-order valence-corrected chi connectivity index (χ3v) is 5.28. The van der Waals surface area contributed by atoms with E-state index >= 15 is 0 Å². The maximum Gasteiger partial charge on any atom is 0.313 e. The highest BCUT2D eigenvalue weighted by atomic mass is 19.1. The van der Waals surface area contributed by atoms with Crippen molar-refractivity contribution >= 4 is 17.6 Å². The molecule has 0 spiro atoms. The second-order valence-electron chi connectivity index (χ2n) is 7.75. The molecule has 1 atom stereocenters. The topological polar surface area (TPSA) is 115 Å². The van der Waals surface area contributed by atoms with Crippen molar-refractivity contribution in [1.82, 2.24) is 25.6 Å². The molecule has 0 aliphatic carbocycles. The van der Waals surface area contributed by atoms with Crippen LogP contribution in [0.25, 0.3) is 17.1 Å². The fraction of sp³-hybridized carbons (Fsp3) is 0.115. The Balaban J connectivity index is 1.62. The first-order chi connectivity index (χ1) is 17.5. The van der Waals surface area contributed by atoms with Gasteiger partial charge in [-0.3, -0.25) is 19.2 Å². The van der Waals surface area contributed by atoms with Crippen molar-refractivity contribution in [1.29, 1.82) is 0 Å². The van der Waals surface area contributed by atoms with Gasteiger partial charge in [0.15, 0.2) is 5.82 Å². The lowest BCUT2D eigenvalue weighted by Crippen LogP contribution is -2.48. The third kappa shape index (κ3) is 5.68. The first-order valence-corrected chi connectivity index (χ1v) is 10.9. The van der Waals surface area contributed by atoms with Crippen LogP contribution in [0.4, 0.5) is 4.39 Å². The highest BCUT2D eigenvalue weighted by molar-refractivity contribution is 6.38. The fourth-order valence-corrected chi connectivity index (χ4v) is 3.61. The Labute approximate surface area is 205 Å². The van der Waals surface area contributed by atoms with Gasteiger partial charge < -0.3 is 5.32 Å². The molecule has 0 aliphatic rings. The van der Waals surface area contributed by atoms with Gasteiger partial charge in [0.25, 0.3) is 5.91 Å². The van der Waals surface area contributed by atoms with Crippen LogP contribution in [-0.2, 0) is 20.8 Å². The first kappa shape index (κ1) is 24.4. The second-order valence-corrected chi connectivity index (χ2v) is 7.75. The Hall–Kier alpha value is -4.70. The predicted molar refractivity (Wildman–Crippen MR) is 128 cm³/mol. The Kier molecular flexibility index (Phi) is 7.57. The molecular formula is C26H22FN5O4. The fourth-order valence-electron chi connectivity index (χ4n) is 3.61. The number of ketones is 1. The van der Waals surface area contributed by atoms with Gasteiger partial charge in [-0.05, 0) is 35.9 Å². The maximum atomic E-state index is 13.7. The molecule has 0 aliphatic heterocycles. The van der Waals surface area contributed by atoms with E-state index in [-0.39, 0.29) is 17.8 Å². The molecule has 0 saturated carbocycles. The zero-order chi connectivity index (χ0) is 25.5. The third-order valence-electron chi connectivity index (χ3n) is 5.28. The highest BCUT2D eigenvalue weighted by Crippen LogP contribution is 2.19. The molecule has 2 amide bonds. The van der Waals surface area contributed by atoms with Gasteiger partial charge in [-0.1, -0.05) is 42.5 Å².